The number of nitrogens with one attached hydrogen (secondary N) is 1. The van der Waals surface area contributed by atoms with Crippen molar-refractivity contribution < 1.29 is 9.53 Å². The zero-order valence-electron chi connectivity index (χ0n) is 19.0. The number of rotatable bonds is 8. The van der Waals surface area contributed by atoms with Crippen molar-refractivity contribution in [3.63, 3.8) is 0 Å². The van der Waals surface area contributed by atoms with Crippen molar-refractivity contribution >= 4 is 12.0 Å². The van der Waals surface area contributed by atoms with Crippen LogP contribution in [0.25, 0.3) is 6.08 Å². The number of hydrogen-bond acceptors (Lipinski definition) is 4. The van der Waals surface area contributed by atoms with Crippen LogP contribution >= 0.6 is 0 Å². The maximum absolute atomic E-state index is 13.0. The van der Waals surface area contributed by atoms with E-state index < -0.39 is 0 Å². The average molecular weight is 445 g/mol. The first kappa shape index (κ1) is 22.8. The third-order valence-corrected chi connectivity index (χ3v) is 5.98. The number of carbonyl (C=O) groups is 1. The van der Waals surface area contributed by atoms with Crippen LogP contribution in [0.2, 0.25) is 0 Å². The first-order chi connectivity index (χ1) is 16.3. The molecule has 6 heteroatoms. The van der Waals surface area contributed by atoms with Gasteiger partial charge in [-0.1, -0.05) is 37.5 Å². The van der Waals surface area contributed by atoms with Crippen molar-refractivity contribution in [2.75, 3.05) is 0 Å². The van der Waals surface area contributed by atoms with Gasteiger partial charge in [0, 0.05) is 31.6 Å². The van der Waals surface area contributed by atoms with Crippen LogP contribution in [-0.4, -0.2) is 31.9 Å². The van der Waals surface area contributed by atoms with Gasteiger partial charge in [0.2, 0.25) is 5.91 Å². The van der Waals surface area contributed by atoms with Crippen molar-refractivity contribution in [1.82, 2.24) is 19.9 Å². The lowest BCUT2D eigenvalue weighted by Gasteiger charge is -2.23. The third kappa shape index (κ3) is 7.31. The lowest BCUT2D eigenvalue weighted by Crippen LogP contribution is -2.28. The summed E-state index contributed by atoms with van der Waals surface area (Å²) in [6.07, 6.45) is 19.2. The second-order valence-corrected chi connectivity index (χ2v) is 8.62. The molecule has 1 aliphatic carbocycles. The molecule has 1 N–H and O–H groups in total. The van der Waals surface area contributed by atoms with Gasteiger partial charge >= 0.3 is 0 Å². The minimum absolute atomic E-state index is 0.0664. The van der Waals surface area contributed by atoms with Crippen LogP contribution in [0.4, 0.5) is 0 Å². The van der Waals surface area contributed by atoms with Crippen LogP contribution in [0.1, 0.15) is 61.8 Å². The number of nitrogens with zero attached hydrogens (tertiary/aromatic N) is 3. The van der Waals surface area contributed by atoms with Crippen molar-refractivity contribution in [3.05, 3.63) is 84.2 Å². The van der Waals surface area contributed by atoms with Gasteiger partial charge in [-0.25, -0.2) is 4.98 Å². The van der Waals surface area contributed by atoms with Gasteiger partial charge in [0.15, 0.2) is 0 Å². The van der Waals surface area contributed by atoms with Crippen LogP contribution in [-0.2, 0) is 17.9 Å². The maximum atomic E-state index is 13.0. The summed E-state index contributed by atoms with van der Waals surface area (Å²) in [6.45, 7) is 0.991. The molecule has 172 valence electrons. The van der Waals surface area contributed by atoms with Crippen molar-refractivity contribution in [1.29, 1.82) is 0 Å². The van der Waals surface area contributed by atoms with Crippen LogP contribution < -0.4 is 4.74 Å². The second kappa shape index (κ2) is 12.0. The van der Waals surface area contributed by atoms with Crippen LogP contribution in [0.5, 0.6) is 5.75 Å². The van der Waals surface area contributed by atoms with Crippen LogP contribution in [0, 0.1) is 0 Å². The molecule has 0 radical (unpaired) electrons. The van der Waals surface area contributed by atoms with E-state index in [-0.39, 0.29) is 5.91 Å². The number of hydrogen-bond donors (Lipinski definition) is 1. The van der Waals surface area contributed by atoms with E-state index in [0.29, 0.717) is 19.2 Å². The fourth-order valence-electron chi connectivity index (χ4n) is 4.17. The minimum atomic E-state index is -0.0664. The minimum Gasteiger partial charge on any atom is -0.490 e. The Morgan fingerprint density at radius 1 is 0.970 bits per heavy atom. The molecule has 0 unspecified atom stereocenters. The summed E-state index contributed by atoms with van der Waals surface area (Å²) in [5.41, 5.74) is 2.85. The van der Waals surface area contributed by atoms with Gasteiger partial charge in [-0.2, -0.15) is 0 Å². The molecule has 6 nitrogen and oxygen atoms in total. The number of pyridine rings is 1. The molecule has 33 heavy (non-hydrogen) atoms. The van der Waals surface area contributed by atoms with E-state index in [1.807, 2.05) is 29.2 Å². The molecule has 1 amide bonds. The molecular formula is C27H32N4O2. The van der Waals surface area contributed by atoms with E-state index in [0.717, 1.165) is 35.4 Å². The Morgan fingerprint density at radius 2 is 1.73 bits per heavy atom. The summed E-state index contributed by atoms with van der Waals surface area (Å²) >= 11 is 0. The van der Waals surface area contributed by atoms with Gasteiger partial charge in [0.25, 0.3) is 0 Å². The van der Waals surface area contributed by atoms with E-state index in [1.165, 1.54) is 32.1 Å². The van der Waals surface area contributed by atoms with Crippen molar-refractivity contribution in [2.24, 2.45) is 0 Å². The van der Waals surface area contributed by atoms with Gasteiger partial charge in [0.05, 0.1) is 24.3 Å². The van der Waals surface area contributed by atoms with E-state index in [2.05, 4.69) is 27.1 Å². The highest BCUT2D eigenvalue weighted by atomic mass is 16.5. The molecule has 1 saturated carbocycles. The molecule has 1 aliphatic rings. The van der Waals surface area contributed by atoms with E-state index in [9.17, 15) is 4.79 Å². The summed E-state index contributed by atoms with van der Waals surface area (Å²) in [6, 6.07) is 12.0. The number of aromatic nitrogens is 3. The van der Waals surface area contributed by atoms with E-state index in [4.69, 9.17) is 4.74 Å². The molecule has 0 atom stereocenters. The molecule has 2 aromatic heterocycles. The van der Waals surface area contributed by atoms with E-state index >= 15 is 0 Å². The quantitative estimate of drug-likeness (QED) is 0.463. The molecule has 3 aromatic rings. The summed E-state index contributed by atoms with van der Waals surface area (Å²) in [5, 5.41) is 0. The number of ether oxygens (including phenoxy) is 1. The number of H-pyrrole nitrogens is 1. The monoisotopic (exact) mass is 444 g/mol. The molecular weight excluding hydrogens is 412 g/mol. The molecule has 1 aromatic carbocycles. The lowest BCUT2D eigenvalue weighted by molar-refractivity contribution is -0.127. The SMILES string of the molecule is O=C(/C=C/c1cnc[nH]1)N(Cc1ccc(OC2CCCCCCC2)cc1)Cc1cccnc1. The number of benzene rings is 1. The van der Waals surface area contributed by atoms with Gasteiger partial charge in [-0.05, 0) is 61.1 Å². The lowest BCUT2D eigenvalue weighted by atomic mass is 9.98. The standard InChI is InChI=1S/C27H32N4O2/c32-27(15-12-24-18-29-21-30-24)31(20-23-7-6-16-28-17-23)19-22-10-13-26(14-11-22)33-25-8-4-2-1-3-5-9-25/h6-7,10-18,21,25H,1-5,8-9,19-20H2,(H,29,30)/b15-12+. The fraction of sp³-hybridized carbons (Fsp3) is 0.370. The van der Waals surface area contributed by atoms with Crippen molar-refractivity contribution in [3.8, 4) is 5.75 Å². The Hall–Kier alpha value is -3.41. The molecule has 0 spiro atoms. The topological polar surface area (TPSA) is 71.1 Å². The Labute approximate surface area is 195 Å². The predicted octanol–water partition coefficient (Wildman–Crippen LogP) is 5.54. The van der Waals surface area contributed by atoms with Crippen LogP contribution in [0.15, 0.2) is 67.4 Å². The zero-order chi connectivity index (χ0) is 22.7. The third-order valence-electron chi connectivity index (χ3n) is 5.98. The zero-order valence-corrected chi connectivity index (χ0v) is 19.0. The Morgan fingerprint density at radius 3 is 2.42 bits per heavy atom. The maximum Gasteiger partial charge on any atom is 0.247 e. The number of carbonyl (C=O) groups excluding carboxylic acids is 1. The molecule has 0 bridgehead atoms. The Balaban J connectivity index is 1.41. The molecule has 2 heterocycles. The smallest absolute Gasteiger partial charge is 0.247 e. The van der Waals surface area contributed by atoms with Gasteiger partial charge in [0.1, 0.15) is 5.75 Å². The Bertz CT molecular complexity index is 992. The summed E-state index contributed by atoms with van der Waals surface area (Å²) < 4.78 is 6.26. The molecule has 4 rings (SSSR count). The normalized spacial score (nSPS) is 15.2. The highest BCUT2D eigenvalue weighted by Gasteiger charge is 2.15. The largest absolute Gasteiger partial charge is 0.490 e. The van der Waals surface area contributed by atoms with E-state index in [1.54, 1.807) is 37.1 Å². The second-order valence-electron chi connectivity index (χ2n) is 8.62. The Kier molecular flexibility index (Phi) is 8.28. The summed E-state index contributed by atoms with van der Waals surface area (Å²) in [5.74, 6) is 0.844. The molecule has 0 saturated heterocycles. The van der Waals surface area contributed by atoms with Gasteiger partial charge in [-0.3, -0.25) is 9.78 Å². The fourth-order valence-corrected chi connectivity index (χ4v) is 4.17. The average Bonchev–Trinajstić information content (AvgIpc) is 3.34. The molecule has 1 fully saturated rings. The highest BCUT2D eigenvalue weighted by Crippen LogP contribution is 2.23. The number of imidazole rings is 1. The number of aromatic amines is 1. The first-order valence-corrected chi connectivity index (χ1v) is 11.9. The predicted molar refractivity (Wildman–Crippen MR) is 129 cm³/mol. The highest BCUT2D eigenvalue weighted by molar-refractivity contribution is 5.91. The van der Waals surface area contributed by atoms with Gasteiger partial charge < -0.3 is 14.6 Å². The number of amides is 1. The van der Waals surface area contributed by atoms with Crippen molar-refractivity contribution in [2.45, 2.75) is 64.1 Å². The first-order valence-electron chi connectivity index (χ1n) is 11.9. The van der Waals surface area contributed by atoms with Gasteiger partial charge in [-0.15, -0.1) is 0 Å². The summed E-state index contributed by atoms with van der Waals surface area (Å²) in [7, 11) is 0. The molecule has 0 aliphatic heterocycles. The summed E-state index contributed by atoms with van der Waals surface area (Å²) in [4.78, 5) is 26.0. The van der Waals surface area contributed by atoms with Crippen LogP contribution in [0.3, 0.4) is 0 Å².